The van der Waals surface area contributed by atoms with E-state index < -0.39 is 29.2 Å². The second-order valence-electron chi connectivity index (χ2n) is 4.03. The van der Waals surface area contributed by atoms with Gasteiger partial charge in [0.1, 0.15) is 0 Å². The quantitative estimate of drug-likeness (QED) is 0.597. The van der Waals surface area contributed by atoms with Crippen LogP contribution in [0.5, 0.6) is 0 Å². The highest BCUT2D eigenvalue weighted by Crippen LogP contribution is 2.29. The summed E-state index contributed by atoms with van der Waals surface area (Å²) in [5, 5.41) is 0. The number of rotatable bonds is 2. The zero-order chi connectivity index (χ0) is 14.9. The van der Waals surface area contributed by atoms with Gasteiger partial charge < -0.3 is 0 Å². The first-order chi connectivity index (χ1) is 9.29. The molecular formula is C14H7F5O. The first-order valence-electron chi connectivity index (χ1n) is 5.46. The maximum absolute atomic E-state index is 13.0. The molecule has 0 saturated carbocycles. The molecule has 0 aliphatic carbocycles. The Hall–Kier alpha value is -2.24. The molecular weight excluding hydrogens is 279 g/mol. The van der Waals surface area contributed by atoms with Crippen LogP contribution in [0.4, 0.5) is 22.0 Å². The summed E-state index contributed by atoms with van der Waals surface area (Å²) < 4.78 is 62.8. The number of benzene rings is 2. The van der Waals surface area contributed by atoms with Crippen LogP contribution < -0.4 is 0 Å². The normalized spacial score (nSPS) is 11.4. The molecule has 2 rings (SSSR count). The molecule has 2 aromatic carbocycles. The monoisotopic (exact) mass is 286 g/mol. The maximum atomic E-state index is 13.0. The minimum atomic E-state index is -4.50. The van der Waals surface area contributed by atoms with Crippen molar-refractivity contribution in [2.75, 3.05) is 0 Å². The first kappa shape index (κ1) is 14.2. The van der Waals surface area contributed by atoms with Crippen LogP contribution >= 0.6 is 0 Å². The number of ketones is 1. The molecule has 1 nitrogen and oxygen atoms in total. The van der Waals surface area contributed by atoms with Crippen molar-refractivity contribution in [3.8, 4) is 0 Å². The lowest BCUT2D eigenvalue weighted by atomic mass is 10.0. The zero-order valence-corrected chi connectivity index (χ0v) is 9.84. The zero-order valence-electron chi connectivity index (χ0n) is 9.84. The van der Waals surface area contributed by atoms with Crippen LogP contribution in [0, 0.1) is 11.6 Å². The Morgan fingerprint density at radius 3 is 1.85 bits per heavy atom. The van der Waals surface area contributed by atoms with E-state index in [0.717, 1.165) is 36.4 Å². The van der Waals surface area contributed by atoms with Gasteiger partial charge in [0.15, 0.2) is 17.4 Å². The largest absolute Gasteiger partial charge is 0.416 e. The van der Waals surface area contributed by atoms with Gasteiger partial charge in [-0.3, -0.25) is 4.79 Å². The van der Waals surface area contributed by atoms with Crippen molar-refractivity contribution in [2.24, 2.45) is 0 Å². The number of alkyl halides is 3. The molecule has 0 atom stereocenters. The van der Waals surface area contributed by atoms with Crippen LogP contribution in [-0.2, 0) is 6.18 Å². The third kappa shape index (κ3) is 2.84. The van der Waals surface area contributed by atoms with Crippen molar-refractivity contribution >= 4 is 5.78 Å². The highest BCUT2D eigenvalue weighted by atomic mass is 19.4. The highest BCUT2D eigenvalue weighted by Gasteiger charge is 2.30. The lowest BCUT2D eigenvalue weighted by Gasteiger charge is -2.07. The molecule has 0 N–H and O–H groups in total. The van der Waals surface area contributed by atoms with Gasteiger partial charge in [-0.05, 0) is 30.3 Å². The number of hydrogen-bond acceptors (Lipinski definition) is 1. The van der Waals surface area contributed by atoms with Crippen molar-refractivity contribution in [3.63, 3.8) is 0 Å². The van der Waals surface area contributed by atoms with E-state index in [1.165, 1.54) is 0 Å². The summed E-state index contributed by atoms with van der Waals surface area (Å²) in [6.07, 6.45) is -4.50. The first-order valence-corrected chi connectivity index (χ1v) is 5.46. The average molecular weight is 286 g/mol. The summed E-state index contributed by atoms with van der Waals surface area (Å²) in [6.45, 7) is 0. The van der Waals surface area contributed by atoms with Gasteiger partial charge >= 0.3 is 6.18 Å². The van der Waals surface area contributed by atoms with Crippen molar-refractivity contribution in [1.29, 1.82) is 0 Å². The van der Waals surface area contributed by atoms with E-state index >= 15 is 0 Å². The standard InChI is InChI=1S/C14H7F5O/c15-11-6-3-9(7-12(11)16)13(20)8-1-4-10(5-2-8)14(17,18)19/h1-7H. The van der Waals surface area contributed by atoms with Crippen LogP contribution in [0.3, 0.4) is 0 Å². The topological polar surface area (TPSA) is 17.1 Å². The molecule has 0 aliphatic rings. The Balaban J connectivity index is 2.31. The fourth-order valence-corrected chi connectivity index (χ4v) is 1.61. The Morgan fingerprint density at radius 1 is 0.800 bits per heavy atom. The van der Waals surface area contributed by atoms with Crippen molar-refractivity contribution in [2.45, 2.75) is 6.18 Å². The van der Waals surface area contributed by atoms with E-state index in [9.17, 15) is 26.7 Å². The summed E-state index contributed by atoms with van der Waals surface area (Å²) in [4.78, 5) is 11.9. The molecule has 0 bridgehead atoms. The SMILES string of the molecule is O=C(c1ccc(C(F)(F)F)cc1)c1ccc(F)c(F)c1. The molecule has 0 unspecified atom stereocenters. The summed E-state index contributed by atoms with van der Waals surface area (Å²) >= 11 is 0. The molecule has 0 aromatic heterocycles. The highest BCUT2D eigenvalue weighted by molar-refractivity contribution is 6.08. The van der Waals surface area contributed by atoms with Gasteiger partial charge in [0.25, 0.3) is 0 Å². The molecule has 0 amide bonds. The van der Waals surface area contributed by atoms with Crippen molar-refractivity contribution in [3.05, 3.63) is 70.8 Å². The lowest BCUT2D eigenvalue weighted by Crippen LogP contribution is -2.07. The van der Waals surface area contributed by atoms with Gasteiger partial charge in [-0.15, -0.1) is 0 Å². The molecule has 0 heterocycles. The van der Waals surface area contributed by atoms with E-state index in [2.05, 4.69) is 0 Å². The summed E-state index contributed by atoms with van der Waals surface area (Å²) in [7, 11) is 0. The van der Waals surface area contributed by atoms with Crippen molar-refractivity contribution < 1.29 is 26.7 Å². The number of carbonyl (C=O) groups is 1. The van der Waals surface area contributed by atoms with Crippen LogP contribution in [0.15, 0.2) is 42.5 Å². The Labute approximate surface area is 110 Å². The molecule has 104 valence electrons. The molecule has 2 aromatic rings. The third-order valence-electron chi connectivity index (χ3n) is 2.66. The number of halogens is 5. The Bertz CT molecular complexity index is 644. The Kier molecular flexibility index (Phi) is 3.57. The fraction of sp³-hybridized carbons (Fsp3) is 0.0714. The van der Waals surface area contributed by atoms with Crippen LogP contribution in [-0.4, -0.2) is 5.78 Å². The molecule has 0 spiro atoms. The van der Waals surface area contributed by atoms with E-state index in [1.54, 1.807) is 0 Å². The maximum Gasteiger partial charge on any atom is 0.416 e. The van der Waals surface area contributed by atoms with Gasteiger partial charge in [-0.2, -0.15) is 13.2 Å². The fourth-order valence-electron chi connectivity index (χ4n) is 1.61. The van der Waals surface area contributed by atoms with Gasteiger partial charge in [-0.25, -0.2) is 8.78 Å². The molecule has 20 heavy (non-hydrogen) atoms. The second kappa shape index (κ2) is 5.03. The molecule has 0 fully saturated rings. The van der Waals surface area contributed by atoms with E-state index in [0.29, 0.717) is 6.07 Å². The van der Waals surface area contributed by atoms with Crippen molar-refractivity contribution in [1.82, 2.24) is 0 Å². The minimum Gasteiger partial charge on any atom is -0.289 e. The molecule has 0 radical (unpaired) electrons. The summed E-state index contributed by atoms with van der Waals surface area (Å²) in [5.74, 6) is -2.98. The minimum absolute atomic E-state index is 0.0380. The summed E-state index contributed by atoms with van der Waals surface area (Å²) in [6, 6.07) is 6.06. The van der Waals surface area contributed by atoms with E-state index in [1.807, 2.05) is 0 Å². The summed E-state index contributed by atoms with van der Waals surface area (Å²) in [5.41, 5.74) is -1.06. The predicted octanol–water partition coefficient (Wildman–Crippen LogP) is 4.21. The van der Waals surface area contributed by atoms with Crippen LogP contribution in [0.2, 0.25) is 0 Å². The van der Waals surface area contributed by atoms with Gasteiger partial charge in [0.2, 0.25) is 0 Å². The van der Waals surface area contributed by atoms with Gasteiger partial charge in [0.05, 0.1) is 5.56 Å². The predicted molar refractivity (Wildman–Crippen MR) is 61.2 cm³/mol. The third-order valence-corrected chi connectivity index (χ3v) is 2.66. The number of carbonyl (C=O) groups excluding carboxylic acids is 1. The number of hydrogen-bond donors (Lipinski definition) is 0. The van der Waals surface area contributed by atoms with Crippen LogP contribution in [0.1, 0.15) is 21.5 Å². The lowest BCUT2D eigenvalue weighted by molar-refractivity contribution is -0.137. The average Bonchev–Trinajstić information content (AvgIpc) is 2.40. The Morgan fingerprint density at radius 2 is 1.35 bits per heavy atom. The molecule has 6 heteroatoms. The van der Waals surface area contributed by atoms with E-state index in [4.69, 9.17) is 0 Å². The van der Waals surface area contributed by atoms with Gasteiger partial charge in [-0.1, -0.05) is 12.1 Å². The second-order valence-corrected chi connectivity index (χ2v) is 4.03. The molecule has 0 saturated heterocycles. The van der Waals surface area contributed by atoms with Crippen LogP contribution in [0.25, 0.3) is 0 Å². The smallest absolute Gasteiger partial charge is 0.289 e. The van der Waals surface area contributed by atoms with E-state index in [-0.39, 0.29) is 11.1 Å². The molecule has 0 aliphatic heterocycles. The van der Waals surface area contributed by atoms with Gasteiger partial charge in [0, 0.05) is 11.1 Å².